The van der Waals surface area contributed by atoms with Gasteiger partial charge in [0.15, 0.2) is 11.5 Å². The highest BCUT2D eigenvalue weighted by Crippen LogP contribution is 2.30. The van der Waals surface area contributed by atoms with E-state index in [4.69, 9.17) is 4.52 Å². The van der Waals surface area contributed by atoms with Crippen LogP contribution < -0.4 is 5.32 Å². The fourth-order valence-corrected chi connectivity index (χ4v) is 3.80. The molecule has 0 radical (unpaired) electrons. The molecule has 1 amide bonds. The molecule has 0 saturated carbocycles. The second-order valence-electron chi connectivity index (χ2n) is 6.62. The molecular formula is C18H21N3O2. The quantitative estimate of drug-likeness (QED) is 0.947. The SMILES string of the molecule is CN(C(=O)c1cc(-c2ccccc2)on1)C1CC2CCC(C1)N2. The second-order valence-corrected chi connectivity index (χ2v) is 6.62. The largest absolute Gasteiger partial charge is 0.355 e. The molecule has 2 saturated heterocycles. The first-order chi connectivity index (χ1) is 11.2. The van der Waals surface area contributed by atoms with Gasteiger partial charge in [-0.25, -0.2) is 0 Å². The average Bonchev–Trinajstić information content (AvgIpc) is 3.21. The van der Waals surface area contributed by atoms with E-state index in [1.165, 1.54) is 12.8 Å². The Morgan fingerprint density at radius 1 is 1.22 bits per heavy atom. The molecule has 23 heavy (non-hydrogen) atoms. The van der Waals surface area contributed by atoms with Crippen LogP contribution in [0.2, 0.25) is 0 Å². The van der Waals surface area contributed by atoms with Gasteiger partial charge in [-0.3, -0.25) is 4.79 Å². The Labute approximate surface area is 135 Å². The van der Waals surface area contributed by atoms with Crippen molar-refractivity contribution in [2.45, 2.75) is 43.8 Å². The van der Waals surface area contributed by atoms with Crippen LogP contribution in [0.1, 0.15) is 36.2 Å². The number of aromatic nitrogens is 1. The van der Waals surface area contributed by atoms with E-state index in [2.05, 4.69) is 10.5 Å². The van der Waals surface area contributed by atoms with E-state index in [1.807, 2.05) is 42.3 Å². The number of benzene rings is 1. The van der Waals surface area contributed by atoms with Crippen LogP contribution in [-0.2, 0) is 0 Å². The third kappa shape index (κ3) is 2.77. The Kier molecular flexibility index (Phi) is 3.65. The van der Waals surface area contributed by atoms with Crippen LogP contribution in [0.25, 0.3) is 11.3 Å². The minimum atomic E-state index is -0.0535. The number of rotatable bonds is 3. The van der Waals surface area contributed by atoms with Crippen molar-refractivity contribution in [3.63, 3.8) is 0 Å². The van der Waals surface area contributed by atoms with Crippen molar-refractivity contribution in [3.8, 4) is 11.3 Å². The van der Waals surface area contributed by atoms with E-state index < -0.39 is 0 Å². The number of hydrogen-bond acceptors (Lipinski definition) is 4. The smallest absolute Gasteiger partial charge is 0.276 e. The molecule has 5 nitrogen and oxygen atoms in total. The normalized spacial score (nSPS) is 26.2. The first-order valence-corrected chi connectivity index (χ1v) is 8.26. The average molecular weight is 311 g/mol. The maximum atomic E-state index is 12.7. The molecule has 4 rings (SSSR count). The number of carbonyl (C=O) groups is 1. The molecule has 2 unspecified atom stereocenters. The van der Waals surface area contributed by atoms with Crippen molar-refractivity contribution in [2.75, 3.05) is 7.05 Å². The van der Waals surface area contributed by atoms with Crippen LogP contribution in [0.15, 0.2) is 40.9 Å². The van der Waals surface area contributed by atoms with Crippen LogP contribution in [0, 0.1) is 0 Å². The van der Waals surface area contributed by atoms with Gasteiger partial charge in [-0.15, -0.1) is 0 Å². The van der Waals surface area contributed by atoms with Crippen molar-refractivity contribution in [3.05, 3.63) is 42.1 Å². The second kappa shape index (κ2) is 5.81. The molecule has 3 heterocycles. The number of nitrogens with one attached hydrogen (secondary N) is 1. The summed E-state index contributed by atoms with van der Waals surface area (Å²) in [4.78, 5) is 14.6. The summed E-state index contributed by atoms with van der Waals surface area (Å²) in [6.07, 6.45) is 4.51. The summed E-state index contributed by atoms with van der Waals surface area (Å²) < 4.78 is 5.35. The number of piperidine rings is 1. The lowest BCUT2D eigenvalue weighted by Gasteiger charge is -2.35. The van der Waals surface area contributed by atoms with Gasteiger partial charge in [0.2, 0.25) is 0 Å². The third-order valence-electron chi connectivity index (χ3n) is 5.10. The Morgan fingerprint density at radius 2 is 1.91 bits per heavy atom. The van der Waals surface area contributed by atoms with Gasteiger partial charge in [0.1, 0.15) is 0 Å². The van der Waals surface area contributed by atoms with Crippen molar-refractivity contribution >= 4 is 5.91 Å². The molecule has 2 aliphatic rings. The molecule has 2 bridgehead atoms. The van der Waals surface area contributed by atoms with E-state index in [0.29, 0.717) is 23.5 Å². The summed E-state index contributed by atoms with van der Waals surface area (Å²) in [5.41, 5.74) is 1.32. The Morgan fingerprint density at radius 3 is 2.61 bits per heavy atom. The number of carbonyl (C=O) groups excluding carboxylic acids is 1. The van der Waals surface area contributed by atoms with Crippen LogP contribution in [0.3, 0.4) is 0 Å². The van der Waals surface area contributed by atoms with E-state index in [1.54, 1.807) is 6.07 Å². The van der Waals surface area contributed by atoms with Gasteiger partial charge in [-0.1, -0.05) is 35.5 Å². The molecule has 2 atom stereocenters. The van der Waals surface area contributed by atoms with Crippen LogP contribution in [0.5, 0.6) is 0 Å². The number of nitrogens with zero attached hydrogens (tertiary/aromatic N) is 2. The molecule has 5 heteroatoms. The van der Waals surface area contributed by atoms with Gasteiger partial charge in [0.25, 0.3) is 5.91 Å². The van der Waals surface area contributed by atoms with E-state index in [9.17, 15) is 4.79 Å². The maximum absolute atomic E-state index is 12.7. The first-order valence-electron chi connectivity index (χ1n) is 8.26. The molecule has 2 fully saturated rings. The molecule has 2 aliphatic heterocycles. The van der Waals surface area contributed by atoms with E-state index in [0.717, 1.165) is 18.4 Å². The van der Waals surface area contributed by atoms with E-state index >= 15 is 0 Å². The molecule has 120 valence electrons. The minimum absolute atomic E-state index is 0.0535. The third-order valence-corrected chi connectivity index (χ3v) is 5.10. The minimum Gasteiger partial charge on any atom is -0.355 e. The monoisotopic (exact) mass is 311 g/mol. The summed E-state index contributed by atoms with van der Waals surface area (Å²) >= 11 is 0. The Hall–Kier alpha value is -2.14. The molecule has 0 spiro atoms. The van der Waals surface area contributed by atoms with Crippen molar-refractivity contribution in [1.82, 2.24) is 15.4 Å². The molecule has 2 aromatic rings. The topological polar surface area (TPSA) is 58.4 Å². The summed E-state index contributed by atoms with van der Waals surface area (Å²) in [6.45, 7) is 0. The lowest BCUT2D eigenvalue weighted by atomic mass is 9.98. The van der Waals surface area contributed by atoms with Crippen molar-refractivity contribution in [2.24, 2.45) is 0 Å². The molecule has 1 aromatic heterocycles. The summed E-state index contributed by atoms with van der Waals surface area (Å²) in [5.74, 6) is 0.579. The fourth-order valence-electron chi connectivity index (χ4n) is 3.80. The van der Waals surface area contributed by atoms with Gasteiger partial charge < -0.3 is 14.7 Å². The highest BCUT2D eigenvalue weighted by Gasteiger charge is 2.37. The molecule has 0 aliphatic carbocycles. The Bertz CT molecular complexity index is 685. The number of hydrogen-bond donors (Lipinski definition) is 1. The first kappa shape index (κ1) is 14.5. The number of amides is 1. The standard InChI is InChI=1S/C18H21N3O2/c1-21(15-9-13-7-8-14(10-15)19-13)18(22)16-11-17(23-20-16)12-5-3-2-4-6-12/h2-6,11,13-15,19H,7-10H2,1H3. The highest BCUT2D eigenvalue weighted by atomic mass is 16.5. The van der Waals surface area contributed by atoms with Gasteiger partial charge in [-0.2, -0.15) is 0 Å². The number of fused-ring (bicyclic) bond motifs is 2. The van der Waals surface area contributed by atoms with Crippen LogP contribution in [-0.4, -0.2) is 41.1 Å². The lowest BCUT2D eigenvalue weighted by molar-refractivity contribution is 0.0671. The van der Waals surface area contributed by atoms with Gasteiger partial charge in [0, 0.05) is 36.8 Å². The van der Waals surface area contributed by atoms with Crippen LogP contribution in [0.4, 0.5) is 0 Å². The summed E-state index contributed by atoms with van der Waals surface area (Å²) in [6, 6.07) is 12.9. The van der Waals surface area contributed by atoms with Gasteiger partial charge in [0.05, 0.1) is 0 Å². The van der Waals surface area contributed by atoms with Crippen LogP contribution >= 0.6 is 0 Å². The Balaban J connectivity index is 1.49. The van der Waals surface area contributed by atoms with Gasteiger partial charge >= 0.3 is 0 Å². The molecular weight excluding hydrogens is 290 g/mol. The molecule has 1 aromatic carbocycles. The predicted molar refractivity (Wildman–Crippen MR) is 87.0 cm³/mol. The van der Waals surface area contributed by atoms with Gasteiger partial charge in [-0.05, 0) is 25.7 Å². The zero-order valence-electron chi connectivity index (χ0n) is 13.2. The molecule has 1 N–H and O–H groups in total. The van der Waals surface area contributed by atoms with Crippen molar-refractivity contribution in [1.29, 1.82) is 0 Å². The van der Waals surface area contributed by atoms with Crippen molar-refractivity contribution < 1.29 is 9.32 Å². The summed E-state index contributed by atoms with van der Waals surface area (Å²) in [7, 11) is 1.88. The predicted octanol–water partition coefficient (Wildman–Crippen LogP) is 2.70. The zero-order chi connectivity index (χ0) is 15.8. The maximum Gasteiger partial charge on any atom is 0.276 e. The highest BCUT2D eigenvalue weighted by molar-refractivity contribution is 5.93. The summed E-state index contributed by atoms with van der Waals surface area (Å²) in [5, 5.41) is 7.59. The zero-order valence-corrected chi connectivity index (χ0v) is 13.2. The lowest BCUT2D eigenvalue weighted by Crippen LogP contribution is -2.48. The fraction of sp³-hybridized carbons (Fsp3) is 0.444. The van der Waals surface area contributed by atoms with E-state index in [-0.39, 0.29) is 11.9 Å².